The number of nitrogens with one attached hydrogen (secondary N) is 2. The molecule has 2 aliphatic carbocycles. The van der Waals surface area contributed by atoms with Gasteiger partial charge in [-0.05, 0) is 69.1 Å². The molecule has 9 nitrogen and oxygen atoms in total. The van der Waals surface area contributed by atoms with Gasteiger partial charge >= 0.3 is 6.09 Å². The molecule has 228 valence electrons. The second kappa shape index (κ2) is 12.2. The predicted octanol–water partition coefficient (Wildman–Crippen LogP) is 4.80. The normalized spacial score (nSPS) is 24.1. The molecule has 42 heavy (non-hydrogen) atoms. The zero-order chi connectivity index (χ0) is 31.0. The van der Waals surface area contributed by atoms with Gasteiger partial charge in [0, 0.05) is 29.8 Å². The lowest BCUT2D eigenvalue weighted by atomic mass is 9.71. The first kappa shape index (κ1) is 31.8. The molecule has 0 spiro atoms. The molecule has 3 unspecified atom stereocenters. The van der Waals surface area contributed by atoms with Crippen LogP contribution in [0.4, 0.5) is 23.7 Å². The third kappa shape index (κ3) is 6.28. The molecule has 0 saturated heterocycles. The maximum absolute atomic E-state index is 13.7. The number of hydrogen-bond acceptors (Lipinski definition) is 7. The molecule has 0 radical (unpaired) electrons. The van der Waals surface area contributed by atoms with Crippen molar-refractivity contribution in [3.63, 3.8) is 0 Å². The van der Waals surface area contributed by atoms with E-state index in [1.165, 1.54) is 26.2 Å². The number of amides is 2. The maximum Gasteiger partial charge on any atom is 0.407 e. The molecule has 0 aliphatic heterocycles. The average molecular weight is 631 g/mol. The van der Waals surface area contributed by atoms with Crippen LogP contribution in [-0.2, 0) is 19.4 Å². The van der Waals surface area contributed by atoms with Gasteiger partial charge < -0.3 is 20.5 Å². The number of hydrogen-bond donors (Lipinski definition) is 3. The smallest absolute Gasteiger partial charge is 0.407 e. The first-order chi connectivity index (χ1) is 19.7. The first-order valence-corrected chi connectivity index (χ1v) is 15.2. The highest BCUT2D eigenvalue weighted by Gasteiger charge is 2.55. The van der Waals surface area contributed by atoms with Gasteiger partial charge in [-0.3, -0.25) is 9.59 Å². The van der Waals surface area contributed by atoms with Crippen molar-refractivity contribution in [2.45, 2.75) is 67.2 Å². The van der Waals surface area contributed by atoms with Gasteiger partial charge in [0.25, 0.3) is 5.91 Å². The molecule has 2 aromatic carbocycles. The third-order valence-electron chi connectivity index (χ3n) is 8.33. The predicted molar refractivity (Wildman–Crippen MR) is 146 cm³/mol. The second-order valence-corrected chi connectivity index (χ2v) is 13.4. The van der Waals surface area contributed by atoms with Crippen LogP contribution in [0.5, 0.6) is 0 Å². The van der Waals surface area contributed by atoms with Crippen molar-refractivity contribution in [3.8, 4) is 0 Å². The number of ether oxygens (including phenoxy) is 1. The SMILES string of the molecule is COC(=O)N[C@H](C)C(=O)CCC1(O)C2CC[C@H]1CC(S(=O)(=O)c1cc(C(=O)Nc3cc(F)c(F)c(F)c3)ccc1Cl)C2. The van der Waals surface area contributed by atoms with E-state index in [2.05, 4.69) is 15.4 Å². The zero-order valence-corrected chi connectivity index (χ0v) is 24.3. The number of fused-ring (bicyclic) bond motifs is 2. The Balaban J connectivity index is 1.48. The van der Waals surface area contributed by atoms with E-state index < -0.39 is 68.0 Å². The number of methoxy groups -OCH3 is 1. The standard InChI is InChI=1S/C28H30ClF3N2O7S/c1-14(33-27(37)41-2)23(35)7-8-28(38)16-4-5-17(28)11-19(10-16)42(39,40)24-9-15(3-6-20(24)29)26(36)34-18-12-21(30)25(32)22(31)13-18/h3,6,9,12-14,16-17,19,38H,4-5,7-8,10-11H2,1-2H3,(H,33,37)(H,34,36)/t14-,16+,17?,19?,28?/m1/s1. The van der Waals surface area contributed by atoms with Crippen LogP contribution in [0.3, 0.4) is 0 Å². The van der Waals surface area contributed by atoms with E-state index in [9.17, 15) is 41.1 Å². The number of rotatable bonds is 9. The summed E-state index contributed by atoms with van der Waals surface area (Å²) in [4.78, 5) is 36.4. The molecule has 2 bridgehead atoms. The number of halogens is 4. The van der Waals surface area contributed by atoms with Crippen LogP contribution in [-0.4, -0.2) is 55.3 Å². The minimum atomic E-state index is -4.10. The van der Waals surface area contributed by atoms with E-state index in [-0.39, 0.29) is 52.6 Å². The van der Waals surface area contributed by atoms with E-state index in [1.54, 1.807) is 0 Å². The number of ketones is 1. The average Bonchev–Trinajstić information content (AvgIpc) is 3.09. The molecule has 5 atom stereocenters. The quantitative estimate of drug-likeness (QED) is 0.338. The lowest BCUT2D eigenvalue weighted by molar-refractivity contribution is -0.124. The molecule has 2 saturated carbocycles. The van der Waals surface area contributed by atoms with Gasteiger partial charge in [0.15, 0.2) is 33.1 Å². The Labute approximate surface area is 245 Å². The summed E-state index contributed by atoms with van der Waals surface area (Å²) in [7, 11) is -2.92. The van der Waals surface area contributed by atoms with Gasteiger partial charge in [0.05, 0.1) is 33.9 Å². The molecule has 0 aromatic heterocycles. The lowest BCUT2D eigenvalue weighted by Gasteiger charge is -2.42. The second-order valence-electron chi connectivity index (χ2n) is 10.8. The van der Waals surface area contributed by atoms with E-state index >= 15 is 0 Å². The molecule has 4 rings (SSSR count). The highest BCUT2D eigenvalue weighted by Crippen LogP contribution is 2.54. The number of Topliss-reactive ketones (excluding diaryl/α,β-unsaturated/α-hetero) is 1. The van der Waals surface area contributed by atoms with Crippen LogP contribution in [0.15, 0.2) is 35.2 Å². The Hall–Kier alpha value is -3.16. The largest absolute Gasteiger partial charge is 0.453 e. The Bertz CT molecular complexity index is 1480. The van der Waals surface area contributed by atoms with Crippen molar-refractivity contribution in [1.29, 1.82) is 0 Å². The van der Waals surface area contributed by atoms with Crippen molar-refractivity contribution in [1.82, 2.24) is 5.32 Å². The minimum Gasteiger partial charge on any atom is -0.453 e. The van der Waals surface area contributed by atoms with E-state index in [1.807, 2.05) is 0 Å². The number of sulfone groups is 1. The molecule has 14 heteroatoms. The van der Waals surface area contributed by atoms with E-state index in [0.29, 0.717) is 25.0 Å². The Kier molecular flexibility index (Phi) is 9.24. The summed E-state index contributed by atoms with van der Waals surface area (Å²) >= 11 is 6.25. The summed E-state index contributed by atoms with van der Waals surface area (Å²) in [6.45, 7) is 1.51. The summed E-state index contributed by atoms with van der Waals surface area (Å²) < 4.78 is 72.4. The van der Waals surface area contributed by atoms with Gasteiger partial charge in [-0.25, -0.2) is 26.4 Å². The number of anilines is 1. The van der Waals surface area contributed by atoms with Gasteiger partial charge in [-0.2, -0.15) is 0 Å². The van der Waals surface area contributed by atoms with Crippen LogP contribution < -0.4 is 10.6 Å². The molecular weight excluding hydrogens is 601 g/mol. The van der Waals surface area contributed by atoms with Gasteiger partial charge in [0.2, 0.25) is 0 Å². The molecule has 2 fully saturated rings. The molecule has 2 amide bonds. The number of carbonyl (C=O) groups is 3. The van der Waals surface area contributed by atoms with Crippen LogP contribution in [0.25, 0.3) is 0 Å². The maximum atomic E-state index is 13.7. The Morgan fingerprint density at radius 3 is 2.26 bits per heavy atom. The zero-order valence-electron chi connectivity index (χ0n) is 22.8. The number of alkyl carbamates (subject to hydrolysis) is 1. The van der Waals surface area contributed by atoms with Crippen molar-refractivity contribution in [2.24, 2.45) is 11.8 Å². The fourth-order valence-electron chi connectivity index (χ4n) is 6.00. The van der Waals surface area contributed by atoms with Crippen LogP contribution in [0.2, 0.25) is 5.02 Å². The molecule has 0 heterocycles. The van der Waals surface area contributed by atoms with Crippen molar-refractivity contribution >= 4 is 44.9 Å². The van der Waals surface area contributed by atoms with Crippen LogP contribution in [0, 0.1) is 29.3 Å². The fourth-order valence-corrected chi connectivity index (χ4v) is 8.40. The van der Waals surface area contributed by atoms with Crippen LogP contribution in [0.1, 0.15) is 55.8 Å². The first-order valence-electron chi connectivity index (χ1n) is 13.3. The third-order valence-corrected chi connectivity index (χ3v) is 11.0. The summed E-state index contributed by atoms with van der Waals surface area (Å²) in [5, 5.41) is 15.1. The van der Waals surface area contributed by atoms with Gasteiger partial charge in [-0.1, -0.05) is 11.6 Å². The lowest BCUT2D eigenvalue weighted by Crippen LogP contribution is -2.49. The van der Waals surface area contributed by atoms with Crippen LogP contribution >= 0.6 is 11.6 Å². The molecule has 2 aromatic rings. The van der Waals surface area contributed by atoms with Gasteiger partial charge in [0.1, 0.15) is 0 Å². The summed E-state index contributed by atoms with van der Waals surface area (Å²) in [5.41, 5.74) is -1.78. The highest BCUT2D eigenvalue weighted by molar-refractivity contribution is 7.92. The molecular formula is C28H30ClF3N2O7S. The highest BCUT2D eigenvalue weighted by atomic mass is 35.5. The summed E-state index contributed by atoms with van der Waals surface area (Å²) in [6.07, 6.45) is 0.704. The summed E-state index contributed by atoms with van der Waals surface area (Å²) in [6, 6.07) is 3.89. The number of aliphatic hydroxyl groups is 1. The Morgan fingerprint density at radius 1 is 1.10 bits per heavy atom. The van der Waals surface area contributed by atoms with Crippen molar-refractivity contribution in [2.75, 3.05) is 12.4 Å². The van der Waals surface area contributed by atoms with Crippen molar-refractivity contribution < 1.29 is 45.8 Å². The van der Waals surface area contributed by atoms with Crippen molar-refractivity contribution in [3.05, 3.63) is 58.4 Å². The number of carbonyl (C=O) groups excluding carboxylic acids is 3. The van der Waals surface area contributed by atoms with E-state index in [0.717, 1.165) is 6.07 Å². The monoisotopic (exact) mass is 630 g/mol. The Morgan fingerprint density at radius 2 is 1.69 bits per heavy atom. The van der Waals surface area contributed by atoms with Gasteiger partial charge in [-0.15, -0.1) is 0 Å². The molecule has 2 aliphatic rings. The topological polar surface area (TPSA) is 139 Å². The fraction of sp³-hybridized carbons (Fsp3) is 0.464. The molecule has 3 N–H and O–H groups in total. The minimum absolute atomic E-state index is 0.0169. The van der Waals surface area contributed by atoms with E-state index in [4.69, 9.17) is 11.6 Å². The number of benzene rings is 2. The summed E-state index contributed by atoms with van der Waals surface area (Å²) in [5.74, 6) is -6.70.